The SMILES string of the molecule is O=C(NCc1nc(-c2ccncc2)n[nH]1)c1ccccc1-c1ncn[nH]1. The standard InChI is InChI=1S/C17H14N8O/c26-17(13-4-2-1-3-12(13)16-20-10-21-24-16)19-9-14-22-15(25-23-14)11-5-7-18-8-6-11/h1-8,10H,9H2,(H,19,26)(H,20,21,24)(H,22,23,25). The van der Waals surface area contributed by atoms with Gasteiger partial charge in [0.2, 0.25) is 0 Å². The molecule has 0 aliphatic rings. The Labute approximate surface area is 147 Å². The quantitative estimate of drug-likeness (QED) is 0.504. The number of carbonyl (C=O) groups excluding carboxylic acids is 1. The lowest BCUT2D eigenvalue weighted by atomic mass is 10.1. The Morgan fingerprint density at radius 1 is 1.08 bits per heavy atom. The fourth-order valence-corrected chi connectivity index (χ4v) is 2.49. The summed E-state index contributed by atoms with van der Waals surface area (Å²) < 4.78 is 0. The molecule has 0 aliphatic carbocycles. The first kappa shape index (κ1) is 15.6. The first-order valence-corrected chi connectivity index (χ1v) is 7.86. The fraction of sp³-hybridized carbons (Fsp3) is 0.0588. The molecule has 3 N–H and O–H groups in total. The number of benzene rings is 1. The minimum atomic E-state index is -0.237. The van der Waals surface area contributed by atoms with Gasteiger partial charge in [-0.05, 0) is 18.2 Å². The lowest BCUT2D eigenvalue weighted by Gasteiger charge is -2.07. The number of hydrogen-bond donors (Lipinski definition) is 3. The molecule has 3 heterocycles. The van der Waals surface area contributed by atoms with Gasteiger partial charge in [-0.15, -0.1) is 0 Å². The summed E-state index contributed by atoms with van der Waals surface area (Å²) in [4.78, 5) is 25.0. The maximum atomic E-state index is 12.6. The van der Waals surface area contributed by atoms with Gasteiger partial charge < -0.3 is 5.32 Å². The van der Waals surface area contributed by atoms with Gasteiger partial charge in [0.25, 0.3) is 5.91 Å². The van der Waals surface area contributed by atoms with E-state index in [0.29, 0.717) is 28.6 Å². The third-order valence-electron chi connectivity index (χ3n) is 3.73. The lowest BCUT2D eigenvalue weighted by Crippen LogP contribution is -2.24. The highest BCUT2D eigenvalue weighted by Gasteiger charge is 2.14. The number of rotatable bonds is 5. The molecule has 4 rings (SSSR count). The van der Waals surface area contributed by atoms with Crippen LogP contribution in [-0.2, 0) is 6.54 Å². The van der Waals surface area contributed by atoms with Crippen LogP contribution < -0.4 is 5.32 Å². The number of nitrogens with zero attached hydrogens (tertiary/aromatic N) is 5. The second kappa shape index (κ2) is 6.93. The van der Waals surface area contributed by atoms with Gasteiger partial charge in [0.15, 0.2) is 11.6 Å². The van der Waals surface area contributed by atoms with Crippen molar-refractivity contribution in [1.29, 1.82) is 0 Å². The zero-order valence-corrected chi connectivity index (χ0v) is 13.5. The van der Waals surface area contributed by atoms with E-state index in [1.165, 1.54) is 6.33 Å². The van der Waals surface area contributed by atoms with Gasteiger partial charge in [-0.1, -0.05) is 18.2 Å². The van der Waals surface area contributed by atoms with E-state index < -0.39 is 0 Å². The van der Waals surface area contributed by atoms with Crippen molar-refractivity contribution in [2.45, 2.75) is 6.54 Å². The van der Waals surface area contributed by atoms with Crippen LogP contribution in [0, 0.1) is 0 Å². The molecule has 0 saturated heterocycles. The maximum Gasteiger partial charge on any atom is 0.252 e. The van der Waals surface area contributed by atoms with E-state index in [0.717, 1.165) is 5.56 Å². The number of hydrogen-bond acceptors (Lipinski definition) is 6. The minimum absolute atomic E-state index is 0.224. The largest absolute Gasteiger partial charge is 0.345 e. The topological polar surface area (TPSA) is 125 Å². The summed E-state index contributed by atoms with van der Waals surface area (Å²) >= 11 is 0. The highest BCUT2D eigenvalue weighted by atomic mass is 16.1. The molecule has 9 nitrogen and oxygen atoms in total. The molecule has 0 radical (unpaired) electrons. The average molecular weight is 346 g/mol. The molecule has 1 aromatic carbocycles. The summed E-state index contributed by atoms with van der Waals surface area (Å²) in [7, 11) is 0. The zero-order chi connectivity index (χ0) is 17.8. The number of H-pyrrole nitrogens is 2. The molecule has 0 saturated carbocycles. The molecular formula is C17H14N8O. The molecule has 0 unspecified atom stereocenters. The average Bonchev–Trinajstić information content (AvgIpc) is 3.39. The monoisotopic (exact) mass is 346 g/mol. The van der Waals surface area contributed by atoms with Crippen LogP contribution in [0.5, 0.6) is 0 Å². The molecule has 26 heavy (non-hydrogen) atoms. The Bertz CT molecular complexity index is 1010. The van der Waals surface area contributed by atoms with Crippen molar-refractivity contribution in [3.05, 3.63) is 66.5 Å². The molecule has 3 aromatic heterocycles. The molecule has 0 bridgehead atoms. The van der Waals surface area contributed by atoms with Crippen molar-refractivity contribution in [2.24, 2.45) is 0 Å². The number of amides is 1. The maximum absolute atomic E-state index is 12.6. The molecule has 1 amide bonds. The minimum Gasteiger partial charge on any atom is -0.345 e. The van der Waals surface area contributed by atoms with Crippen LogP contribution in [0.3, 0.4) is 0 Å². The van der Waals surface area contributed by atoms with Gasteiger partial charge in [0.05, 0.1) is 12.1 Å². The normalized spacial score (nSPS) is 10.6. The Morgan fingerprint density at radius 3 is 2.73 bits per heavy atom. The van der Waals surface area contributed by atoms with Crippen molar-refractivity contribution in [3.63, 3.8) is 0 Å². The third kappa shape index (κ3) is 3.18. The second-order valence-electron chi connectivity index (χ2n) is 5.40. The van der Waals surface area contributed by atoms with Gasteiger partial charge in [0.1, 0.15) is 12.2 Å². The predicted octanol–water partition coefficient (Wildman–Crippen LogP) is 1.58. The van der Waals surface area contributed by atoms with Crippen LogP contribution in [0.4, 0.5) is 0 Å². The van der Waals surface area contributed by atoms with Crippen molar-refractivity contribution in [3.8, 4) is 22.8 Å². The summed E-state index contributed by atoms with van der Waals surface area (Å²) in [5.74, 6) is 1.41. The van der Waals surface area contributed by atoms with Crippen LogP contribution in [0.1, 0.15) is 16.2 Å². The number of aromatic nitrogens is 7. The molecule has 0 fully saturated rings. The summed E-state index contributed by atoms with van der Waals surface area (Å²) in [6.07, 6.45) is 4.75. The van der Waals surface area contributed by atoms with Crippen molar-refractivity contribution in [1.82, 2.24) is 40.7 Å². The lowest BCUT2D eigenvalue weighted by molar-refractivity contribution is 0.0950. The van der Waals surface area contributed by atoms with E-state index in [1.54, 1.807) is 24.5 Å². The molecule has 128 valence electrons. The van der Waals surface area contributed by atoms with Gasteiger partial charge in [-0.3, -0.25) is 20.0 Å². The van der Waals surface area contributed by atoms with Gasteiger partial charge in [-0.2, -0.15) is 10.2 Å². The van der Waals surface area contributed by atoms with Crippen molar-refractivity contribution in [2.75, 3.05) is 0 Å². The van der Waals surface area contributed by atoms with E-state index in [2.05, 4.69) is 40.7 Å². The Hall–Kier alpha value is -3.88. The van der Waals surface area contributed by atoms with E-state index in [1.807, 2.05) is 24.3 Å². The smallest absolute Gasteiger partial charge is 0.252 e. The van der Waals surface area contributed by atoms with Crippen LogP contribution in [0.2, 0.25) is 0 Å². The van der Waals surface area contributed by atoms with Crippen molar-refractivity contribution >= 4 is 5.91 Å². The number of nitrogens with one attached hydrogen (secondary N) is 3. The highest BCUT2D eigenvalue weighted by molar-refractivity contribution is 6.00. The fourth-order valence-electron chi connectivity index (χ4n) is 2.49. The number of pyridine rings is 1. The first-order chi connectivity index (χ1) is 12.8. The molecule has 4 aromatic rings. The van der Waals surface area contributed by atoms with Crippen LogP contribution >= 0.6 is 0 Å². The summed E-state index contributed by atoms with van der Waals surface area (Å²) in [5.41, 5.74) is 2.03. The number of carbonyl (C=O) groups is 1. The van der Waals surface area contributed by atoms with E-state index in [9.17, 15) is 4.79 Å². The first-order valence-electron chi connectivity index (χ1n) is 7.86. The molecule has 0 atom stereocenters. The third-order valence-corrected chi connectivity index (χ3v) is 3.73. The van der Waals surface area contributed by atoms with E-state index in [-0.39, 0.29) is 12.5 Å². The van der Waals surface area contributed by atoms with Crippen LogP contribution in [0.15, 0.2) is 55.1 Å². The van der Waals surface area contributed by atoms with Gasteiger partial charge >= 0.3 is 0 Å². The van der Waals surface area contributed by atoms with E-state index in [4.69, 9.17) is 0 Å². The van der Waals surface area contributed by atoms with Crippen molar-refractivity contribution < 1.29 is 4.79 Å². The Morgan fingerprint density at radius 2 is 1.92 bits per heavy atom. The molecule has 0 spiro atoms. The summed E-state index contributed by atoms with van der Waals surface area (Å²) in [6, 6.07) is 10.8. The summed E-state index contributed by atoms with van der Waals surface area (Å²) in [6.45, 7) is 0.224. The summed E-state index contributed by atoms with van der Waals surface area (Å²) in [5, 5.41) is 16.4. The number of aromatic amines is 2. The highest BCUT2D eigenvalue weighted by Crippen LogP contribution is 2.19. The van der Waals surface area contributed by atoms with Crippen LogP contribution in [0.25, 0.3) is 22.8 Å². The van der Waals surface area contributed by atoms with Gasteiger partial charge in [0, 0.05) is 23.5 Å². The second-order valence-corrected chi connectivity index (χ2v) is 5.40. The molecule has 0 aliphatic heterocycles. The Kier molecular flexibility index (Phi) is 4.17. The molecule has 9 heteroatoms. The predicted molar refractivity (Wildman–Crippen MR) is 92.6 cm³/mol. The molecular weight excluding hydrogens is 332 g/mol. The zero-order valence-electron chi connectivity index (χ0n) is 13.5. The van der Waals surface area contributed by atoms with Gasteiger partial charge in [-0.25, -0.2) is 9.97 Å². The van der Waals surface area contributed by atoms with E-state index >= 15 is 0 Å². The van der Waals surface area contributed by atoms with Crippen LogP contribution in [-0.4, -0.2) is 41.3 Å². The Balaban J connectivity index is 1.48.